The van der Waals surface area contributed by atoms with Gasteiger partial charge in [-0.15, -0.1) is 0 Å². The molecule has 2 N–H and O–H groups in total. The summed E-state index contributed by atoms with van der Waals surface area (Å²) in [5, 5.41) is 19.7. The Kier molecular flexibility index (Phi) is 9.13. The van der Waals surface area contributed by atoms with Gasteiger partial charge in [-0.1, -0.05) is 18.8 Å². The van der Waals surface area contributed by atoms with Crippen LogP contribution in [0.5, 0.6) is 5.75 Å². The van der Waals surface area contributed by atoms with E-state index in [9.17, 15) is 23.4 Å². The van der Waals surface area contributed by atoms with E-state index in [4.69, 9.17) is 4.74 Å². The minimum Gasteiger partial charge on any atom is -0.487 e. The maximum absolute atomic E-state index is 13.5. The van der Waals surface area contributed by atoms with Crippen LogP contribution in [-0.2, 0) is 14.8 Å². The van der Waals surface area contributed by atoms with E-state index in [-0.39, 0.29) is 48.7 Å². The van der Waals surface area contributed by atoms with E-state index in [1.165, 1.54) is 10.4 Å². The van der Waals surface area contributed by atoms with Gasteiger partial charge >= 0.3 is 0 Å². The van der Waals surface area contributed by atoms with Gasteiger partial charge in [-0.2, -0.15) is 4.31 Å². The van der Waals surface area contributed by atoms with Gasteiger partial charge in [0.2, 0.25) is 15.9 Å². The first kappa shape index (κ1) is 28.1. The molecule has 0 unspecified atom stereocenters. The lowest BCUT2D eigenvalue weighted by Crippen LogP contribution is -2.50. The summed E-state index contributed by atoms with van der Waals surface area (Å²) in [5.74, 6) is 5.33. The molecule has 34 heavy (non-hydrogen) atoms. The summed E-state index contributed by atoms with van der Waals surface area (Å²) < 4.78 is 34.5. The van der Waals surface area contributed by atoms with E-state index in [1.54, 1.807) is 49.8 Å². The molecule has 0 radical (unpaired) electrons. The third-order valence-corrected chi connectivity index (χ3v) is 7.53. The lowest BCUT2D eigenvalue weighted by molar-refractivity contribution is -0.132. The number of likely N-dealkylation sites (N-methyl/N-ethyl adjacent to an activating group) is 2. The average Bonchev–Trinajstić information content (AvgIpc) is 2.73. The summed E-state index contributed by atoms with van der Waals surface area (Å²) in [5.41, 5.74) is -0.723. The van der Waals surface area contributed by atoms with Crippen LogP contribution in [0.15, 0.2) is 23.1 Å². The van der Waals surface area contributed by atoms with E-state index in [2.05, 4.69) is 11.8 Å². The van der Waals surface area contributed by atoms with Crippen LogP contribution in [0.4, 0.5) is 0 Å². The molecule has 0 saturated carbocycles. The number of rotatable bonds is 6. The number of hydrogen-bond donors (Lipinski definition) is 2. The number of ether oxygens (including phenoxy) is 1. The highest BCUT2D eigenvalue weighted by Gasteiger charge is 2.38. The number of aliphatic hydroxyl groups is 2. The lowest BCUT2D eigenvalue weighted by Gasteiger charge is -2.37. The highest BCUT2D eigenvalue weighted by atomic mass is 32.2. The van der Waals surface area contributed by atoms with Crippen molar-refractivity contribution in [2.75, 3.05) is 47.4 Å². The molecule has 0 fully saturated rings. The van der Waals surface area contributed by atoms with Crippen LogP contribution in [0, 0.1) is 17.8 Å². The van der Waals surface area contributed by atoms with Gasteiger partial charge in [0.05, 0.1) is 19.7 Å². The summed E-state index contributed by atoms with van der Waals surface area (Å²) in [7, 11) is 1.35. The number of sulfonamides is 1. The molecule has 9 nitrogen and oxygen atoms in total. The van der Waals surface area contributed by atoms with Crippen molar-refractivity contribution in [3.8, 4) is 17.6 Å². The smallest absolute Gasteiger partial charge is 0.247 e. The molecule has 1 aliphatic rings. The first-order valence-electron chi connectivity index (χ1n) is 11.2. The average molecular weight is 496 g/mol. The highest BCUT2D eigenvalue weighted by molar-refractivity contribution is 7.89. The Bertz CT molecular complexity index is 1040. The van der Waals surface area contributed by atoms with E-state index in [0.29, 0.717) is 5.56 Å². The molecule has 2 rings (SSSR count). The van der Waals surface area contributed by atoms with Gasteiger partial charge in [0, 0.05) is 31.1 Å². The van der Waals surface area contributed by atoms with Crippen molar-refractivity contribution in [2.24, 2.45) is 5.92 Å². The summed E-state index contributed by atoms with van der Waals surface area (Å²) in [4.78, 5) is 15.9. The predicted octanol–water partition coefficient (Wildman–Crippen LogP) is 0.598. The largest absolute Gasteiger partial charge is 0.487 e. The van der Waals surface area contributed by atoms with Gasteiger partial charge in [-0.05, 0) is 53.1 Å². The van der Waals surface area contributed by atoms with Crippen molar-refractivity contribution in [3.05, 3.63) is 23.8 Å². The molecule has 10 heteroatoms. The molecule has 0 bridgehead atoms. The molecule has 1 heterocycles. The van der Waals surface area contributed by atoms with E-state index < -0.39 is 27.8 Å². The second-order valence-corrected chi connectivity index (χ2v) is 11.6. The highest BCUT2D eigenvalue weighted by Crippen LogP contribution is 2.34. The monoisotopic (exact) mass is 495 g/mol. The lowest BCUT2D eigenvalue weighted by atomic mass is 10.0. The van der Waals surface area contributed by atoms with Gasteiger partial charge in [0.15, 0.2) is 0 Å². The van der Waals surface area contributed by atoms with E-state index in [0.717, 1.165) is 0 Å². The zero-order chi connectivity index (χ0) is 25.8. The summed E-state index contributed by atoms with van der Waals surface area (Å²) in [6.07, 6.45) is -0.503. The Morgan fingerprint density at radius 1 is 1.32 bits per heavy atom. The van der Waals surface area contributed by atoms with Crippen molar-refractivity contribution in [2.45, 2.75) is 50.3 Å². The zero-order valence-electron chi connectivity index (χ0n) is 21.1. The van der Waals surface area contributed by atoms with Crippen molar-refractivity contribution < 1.29 is 28.2 Å². The number of hydrogen-bond acceptors (Lipinski definition) is 7. The summed E-state index contributed by atoms with van der Waals surface area (Å²) in [6.45, 7) is 6.93. The Labute approximate surface area is 203 Å². The minimum atomic E-state index is -3.97. The number of carbonyl (C=O) groups excluding carboxylic acids is 1. The molecule has 0 spiro atoms. The maximum atomic E-state index is 13.5. The number of carbonyl (C=O) groups is 1. The van der Waals surface area contributed by atoms with Gasteiger partial charge in [-0.3, -0.25) is 4.79 Å². The second kappa shape index (κ2) is 11.1. The van der Waals surface area contributed by atoms with Gasteiger partial charge in [-0.25, -0.2) is 8.42 Å². The minimum absolute atomic E-state index is 0.0271. The molecule has 1 aromatic carbocycles. The number of amides is 1. The van der Waals surface area contributed by atoms with Gasteiger partial charge in [0.25, 0.3) is 0 Å². The first-order chi connectivity index (χ1) is 15.7. The van der Waals surface area contributed by atoms with Crippen LogP contribution >= 0.6 is 0 Å². The van der Waals surface area contributed by atoms with Crippen LogP contribution in [0.25, 0.3) is 0 Å². The Morgan fingerprint density at radius 3 is 2.53 bits per heavy atom. The number of fused-ring (bicyclic) bond motifs is 1. The van der Waals surface area contributed by atoms with Gasteiger partial charge < -0.3 is 24.7 Å². The fourth-order valence-corrected chi connectivity index (χ4v) is 5.34. The van der Waals surface area contributed by atoms with Crippen LogP contribution in [0.1, 0.15) is 33.3 Å². The molecule has 1 aliphatic heterocycles. The van der Waals surface area contributed by atoms with Crippen LogP contribution in [0.2, 0.25) is 0 Å². The SMILES string of the molecule is C[C@@H]1CN([C@H](C)CO)S(=O)(=O)c2ccc(C#CC(C)(C)O)cc2O[C@H]1CN(C)C(=O)CN(C)C. The first-order valence-corrected chi connectivity index (χ1v) is 12.7. The standard InChI is InChI=1S/C24H37N3O6S/c1-17-13-27(18(2)16-28)34(31,32)22-9-8-19(10-11-24(3,4)30)12-20(22)33-21(17)14-26(7)23(29)15-25(5)6/h8-9,12,17-18,21,28,30H,13-16H2,1-7H3/t17-,18-,21+/m1/s1. The molecule has 1 aromatic rings. The fourth-order valence-electron chi connectivity index (χ4n) is 3.51. The van der Waals surface area contributed by atoms with Gasteiger partial charge in [0.1, 0.15) is 22.4 Å². The third-order valence-electron chi connectivity index (χ3n) is 5.51. The maximum Gasteiger partial charge on any atom is 0.247 e. The number of benzene rings is 1. The van der Waals surface area contributed by atoms with Crippen molar-refractivity contribution in [1.82, 2.24) is 14.1 Å². The fraction of sp³-hybridized carbons (Fsp3) is 0.625. The molecule has 1 amide bonds. The zero-order valence-corrected chi connectivity index (χ0v) is 21.9. The topological polar surface area (TPSA) is 111 Å². The quantitative estimate of drug-likeness (QED) is 0.556. The number of nitrogens with zero attached hydrogens (tertiary/aromatic N) is 3. The van der Waals surface area contributed by atoms with Crippen molar-refractivity contribution in [3.63, 3.8) is 0 Å². The number of aliphatic hydroxyl groups excluding tert-OH is 1. The van der Waals surface area contributed by atoms with Crippen LogP contribution < -0.4 is 4.74 Å². The summed E-state index contributed by atoms with van der Waals surface area (Å²) >= 11 is 0. The molecule has 0 aromatic heterocycles. The van der Waals surface area contributed by atoms with E-state index in [1.807, 2.05) is 21.0 Å². The molecule has 0 aliphatic carbocycles. The molecular formula is C24H37N3O6S. The molecular weight excluding hydrogens is 458 g/mol. The van der Waals surface area contributed by atoms with Crippen LogP contribution in [-0.4, -0.2) is 104 Å². The van der Waals surface area contributed by atoms with Crippen LogP contribution in [0.3, 0.4) is 0 Å². The van der Waals surface area contributed by atoms with E-state index >= 15 is 0 Å². The second-order valence-electron chi connectivity index (χ2n) is 9.72. The third kappa shape index (κ3) is 7.17. The normalized spacial score (nSPS) is 21.4. The molecule has 190 valence electrons. The predicted molar refractivity (Wildman–Crippen MR) is 130 cm³/mol. The molecule has 3 atom stereocenters. The summed E-state index contributed by atoms with van der Waals surface area (Å²) in [6, 6.07) is 3.90. The Morgan fingerprint density at radius 2 is 1.97 bits per heavy atom. The molecule has 0 saturated heterocycles. The van der Waals surface area contributed by atoms with Crippen molar-refractivity contribution >= 4 is 15.9 Å². The Hall–Kier alpha value is -2.16. The van der Waals surface area contributed by atoms with Crippen molar-refractivity contribution in [1.29, 1.82) is 0 Å². The Balaban J connectivity index is 2.55.